The molecule has 24 heavy (non-hydrogen) atoms. The van der Waals surface area contributed by atoms with Crippen molar-refractivity contribution in [1.82, 2.24) is 10.6 Å². The Morgan fingerprint density at radius 2 is 1.83 bits per heavy atom. The monoisotopic (exact) mass is 437 g/mol. The van der Waals surface area contributed by atoms with Gasteiger partial charge in [-0.25, -0.2) is 0 Å². The van der Waals surface area contributed by atoms with Gasteiger partial charge in [-0.3, -0.25) is 4.99 Å². The van der Waals surface area contributed by atoms with E-state index in [0.717, 1.165) is 37.6 Å². The van der Waals surface area contributed by atoms with Gasteiger partial charge < -0.3 is 15.4 Å². The second-order valence-corrected chi connectivity index (χ2v) is 5.67. The molecule has 0 fully saturated rings. The number of hydrogen-bond donors (Lipinski definition) is 2. The van der Waals surface area contributed by atoms with Crippen molar-refractivity contribution in [2.75, 3.05) is 20.1 Å². The van der Waals surface area contributed by atoms with Crippen LogP contribution in [0.5, 0.6) is 5.75 Å². The zero-order valence-corrected chi connectivity index (χ0v) is 16.2. The largest absolute Gasteiger partial charge is 0.488 e. The summed E-state index contributed by atoms with van der Waals surface area (Å²) in [7, 11) is 1.79. The number of ether oxygens (including phenoxy) is 1. The smallest absolute Gasteiger partial charge is 0.191 e. The van der Waals surface area contributed by atoms with E-state index in [0.29, 0.717) is 0 Å². The van der Waals surface area contributed by atoms with Gasteiger partial charge in [0.1, 0.15) is 11.9 Å². The van der Waals surface area contributed by atoms with E-state index in [4.69, 9.17) is 4.74 Å². The van der Waals surface area contributed by atoms with E-state index in [1.165, 1.54) is 11.1 Å². The molecule has 128 valence electrons. The van der Waals surface area contributed by atoms with Crippen LogP contribution < -0.4 is 15.4 Å². The average molecular weight is 437 g/mol. The molecule has 2 N–H and O–H groups in total. The molecule has 0 aromatic heterocycles. The molecule has 5 heteroatoms. The standard InChI is InChI=1S/C19H23N3O.HI/c1-20-19(21-12-11-15-7-3-2-4-8-15)22-14-17-13-16-9-5-6-10-18(16)23-17;/h2-10,17H,11-14H2,1H3,(H2,20,21,22);1H. The van der Waals surface area contributed by atoms with Crippen molar-refractivity contribution < 1.29 is 4.74 Å². The van der Waals surface area contributed by atoms with E-state index in [1.807, 2.05) is 18.2 Å². The van der Waals surface area contributed by atoms with E-state index in [2.05, 4.69) is 52.0 Å². The predicted octanol–water partition coefficient (Wildman–Crippen LogP) is 3.02. The average Bonchev–Trinajstić information content (AvgIpc) is 3.01. The quantitative estimate of drug-likeness (QED) is 0.430. The summed E-state index contributed by atoms with van der Waals surface area (Å²) >= 11 is 0. The Bertz CT molecular complexity index is 636. The molecule has 0 radical (unpaired) electrons. The summed E-state index contributed by atoms with van der Waals surface area (Å²) < 4.78 is 5.93. The third kappa shape index (κ3) is 5.12. The fourth-order valence-electron chi connectivity index (χ4n) is 2.77. The van der Waals surface area contributed by atoms with Crippen LogP contribution >= 0.6 is 24.0 Å². The number of guanidine groups is 1. The van der Waals surface area contributed by atoms with Crippen LogP contribution in [0.15, 0.2) is 59.6 Å². The maximum Gasteiger partial charge on any atom is 0.191 e. The van der Waals surface area contributed by atoms with Gasteiger partial charge in [-0.1, -0.05) is 48.5 Å². The Balaban J connectivity index is 0.00000208. The van der Waals surface area contributed by atoms with Gasteiger partial charge in [0.15, 0.2) is 5.96 Å². The third-order valence-corrected chi connectivity index (χ3v) is 3.98. The fourth-order valence-corrected chi connectivity index (χ4v) is 2.77. The van der Waals surface area contributed by atoms with E-state index in [-0.39, 0.29) is 30.1 Å². The molecule has 2 aromatic carbocycles. The van der Waals surface area contributed by atoms with Crippen molar-refractivity contribution in [3.05, 3.63) is 65.7 Å². The summed E-state index contributed by atoms with van der Waals surface area (Å²) in [4.78, 5) is 4.27. The van der Waals surface area contributed by atoms with Crippen LogP contribution in [0.2, 0.25) is 0 Å². The minimum absolute atomic E-state index is 0. The van der Waals surface area contributed by atoms with Crippen LogP contribution in [0, 0.1) is 0 Å². The highest BCUT2D eigenvalue weighted by Crippen LogP contribution is 2.27. The molecule has 1 heterocycles. The summed E-state index contributed by atoms with van der Waals surface area (Å²) in [5, 5.41) is 6.69. The lowest BCUT2D eigenvalue weighted by Gasteiger charge is -2.15. The van der Waals surface area contributed by atoms with Crippen molar-refractivity contribution in [2.45, 2.75) is 18.9 Å². The molecule has 4 nitrogen and oxygen atoms in total. The first kappa shape index (κ1) is 18.6. The molecule has 2 aromatic rings. The van der Waals surface area contributed by atoms with Crippen molar-refractivity contribution in [2.24, 2.45) is 4.99 Å². The lowest BCUT2D eigenvalue weighted by molar-refractivity contribution is 0.235. The molecule has 3 rings (SSSR count). The maximum absolute atomic E-state index is 5.93. The van der Waals surface area contributed by atoms with E-state index < -0.39 is 0 Å². The maximum atomic E-state index is 5.93. The number of benzene rings is 2. The molecular weight excluding hydrogens is 413 g/mol. The third-order valence-electron chi connectivity index (χ3n) is 3.98. The molecule has 0 saturated carbocycles. The number of fused-ring (bicyclic) bond motifs is 1. The minimum atomic E-state index is 0. The summed E-state index contributed by atoms with van der Waals surface area (Å²) in [5.41, 5.74) is 2.61. The highest BCUT2D eigenvalue weighted by Gasteiger charge is 2.22. The zero-order chi connectivity index (χ0) is 15.9. The molecule has 0 saturated heterocycles. The topological polar surface area (TPSA) is 45.7 Å². The van der Waals surface area contributed by atoms with Crippen LogP contribution in [0.1, 0.15) is 11.1 Å². The first-order valence-corrected chi connectivity index (χ1v) is 8.08. The second kappa shape index (κ2) is 9.52. The van der Waals surface area contributed by atoms with Gasteiger partial charge in [0.05, 0.1) is 6.54 Å². The van der Waals surface area contributed by atoms with Crippen molar-refractivity contribution >= 4 is 29.9 Å². The minimum Gasteiger partial charge on any atom is -0.488 e. The van der Waals surface area contributed by atoms with Crippen LogP contribution in [0.3, 0.4) is 0 Å². The number of hydrogen-bond acceptors (Lipinski definition) is 2. The lowest BCUT2D eigenvalue weighted by atomic mass is 10.1. The summed E-state index contributed by atoms with van der Waals surface area (Å²) in [6.07, 6.45) is 2.09. The van der Waals surface area contributed by atoms with Crippen molar-refractivity contribution in [3.63, 3.8) is 0 Å². The summed E-state index contributed by atoms with van der Waals surface area (Å²) in [5.74, 6) is 1.83. The Morgan fingerprint density at radius 3 is 2.58 bits per heavy atom. The van der Waals surface area contributed by atoms with Gasteiger partial charge in [-0.15, -0.1) is 24.0 Å². The molecule has 0 amide bonds. The SMILES string of the molecule is CN=C(NCCc1ccccc1)NCC1Cc2ccccc2O1.I. The summed E-state index contributed by atoms with van der Waals surface area (Å²) in [6.45, 7) is 1.61. The van der Waals surface area contributed by atoms with Crippen LogP contribution in [0.25, 0.3) is 0 Å². The van der Waals surface area contributed by atoms with Gasteiger partial charge in [-0.05, 0) is 23.6 Å². The van der Waals surface area contributed by atoms with Crippen LogP contribution in [0.4, 0.5) is 0 Å². The number of para-hydroxylation sites is 1. The zero-order valence-electron chi connectivity index (χ0n) is 13.9. The number of nitrogens with zero attached hydrogens (tertiary/aromatic N) is 1. The highest BCUT2D eigenvalue weighted by molar-refractivity contribution is 14.0. The predicted molar refractivity (Wildman–Crippen MR) is 109 cm³/mol. The van der Waals surface area contributed by atoms with Gasteiger partial charge in [-0.2, -0.15) is 0 Å². The number of nitrogens with one attached hydrogen (secondary N) is 2. The first-order valence-electron chi connectivity index (χ1n) is 8.08. The fraction of sp³-hybridized carbons (Fsp3) is 0.316. The van der Waals surface area contributed by atoms with Crippen LogP contribution in [-0.2, 0) is 12.8 Å². The Morgan fingerprint density at radius 1 is 1.08 bits per heavy atom. The molecular formula is C19H24IN3O. The van der Waals surface area contributed by atoms with Gasteiger partial charge in [0.25, 0.3) is 0 Å². The van der Waals surface area contributed by atoms with Crippen LogP contribution in [-0.4, -0.2) is 32.2 Å². The Labute approximate surface area is 160 Å². The van der Waals surface area contributed by atoms with E-state index in [9.17, 15) is 0 Å². The Kier molecular flexibility index (Phi) is 7.36. The van der Waals surface area contributed by atoms with Crippen molar-refractivity contribution in [1.29, 1.82) is 0 Å². The van der Waals surface area contributed by atoms with E-state index >= 15 is 0 Å². The van der Waals surface area contributed by atoms with Gasteiger partial charge in [0, 0.05) is 20.0 Å². The lowest BCUT2D eigenvalue weighted by Crippen LogP contribution is -2.42. The van der Waals surface area contributed by atoms with Crippen molar-refractivity contribution in [3.8, 4) is 5.75 Å². The highest BCUT2D eigenvalue weighted by atomic mass is 127. The number of halogens is 1. The molecule has 1 aliphatic heterocycles. The normalized spacial score (nSPS) is 15.9. The number of aliphatic imine (C=N–C) groups is 1. The molecule has 1 aliphatic rings. The Hall–Kier alpha value is -1.76. The van der Waals surface area contributed by atoms with Gasteiger partial charge >= 0.3 is 0 Å². The number of rotatable bonds is 5. The molecule has 0 aliphatic carbocycles. The first-order chi connectivity index (χ1) is 11.3. The molecule has 0 spiro atoms. The van der Waals surface area contributed by atoms with Gasteiger partial charge in [0.2, 0.25) is 0 Å². The summed E-state index contributed by atoms with van der Waals surface area (Å²) in [6, 6.07) is 18.7. The molecule has 1 atom stereocenters. The molecule has 0 bridgehead atoms. The second-order valence-electron chi connectivity index (χ2n) is 5.67. The van der Waals surface area contributed by atoms with E-state index in [1.54, 1.807) is 7.05 Å². The molecule has 1 unspecified atom stereocenters.